The number of anilines is 1. The lowest BCUT2D eigenvalue weighted by Crippen LogP contribution is -2.26. The topological polar surface area (TPSA) is 96.7 Å². The second-order valence-corrected chi connectivity index (χ2v) is 5.91. The summed E-state index contributed by atoms with van der Waals surface area (Å²) in [6.45, 7) is -0.0163. The average molecular weight is 296 g/mol. The van der Waals surface area contributed by atoms with Crippen molar-refractivity contribution in [2.24, 2.45) is 0 Å². The molecule has 0 bridgehead atoms. The Morgan fingerprint density at radius 3 is 2.65 bits per heavy atom. The van der Waals surface area contributed by atoms with Gasteiger partial charge in [0.1, 0.15) is 12.7 Å². The summed E-state index contributed by atoms with van der Waals surface area (Å²) in [6, 6.07) is 8.40. The van der Waals surface area contributed by atoms with Crippen molar-refractivity contribution in [3.05, 3.63) is 29.8 Å². The van der Waals surface area contributed by atoms with Crippen LogP contribution >= 0.6 is 0 Å². The highest BCUT2D eigenvalue weighted by Crippen LogP contribution is 2.22. The molecule has 0 radical (unpaired) electrons. The molecule has 1 saturated heterocycles. The Bertz CT molecular complexity index is 647. The molecule has 8 heteroatoms. The molecule has 7 nitrogen and oxygen atoms in total. The monoisotopic (exact) mass is 296 g/mol. The predicted octanol–water partition coefficient (Wildman–Crippen LogP) is 0.860. The molecule has 106 valence electrons. The van der Waals surface area contributed by atoms with Gasteiger partial charge in [-0.15, -0.1) is 0 Å². The van der Waals surface area contributed by atoms with Crippen LogP contribution in [0, 0.1) is 11.3 Å². The Balaban J connectivity index is 2.03. The van der Waals surface area contributed by atoms with Crippen LogP contribution in [0.4, 0.5) is 10.5 Å². The van der Waals surface area contributed by atoms with Crippen LogP contribution in [0.2, 0.25) is 0 Å². The largest absolute Gasteiger partial charge is 0.441 e. The van der Waals surface area contributed by atoms with Crippen LogP contribution < -0.4 is 4.90 Å². The average Bonchev–Trinajstić information content (AvgIpc) is 2.77. The van der Waals surface area contributed by atoms with E-state index in [2.05, 4.69) is 4.18 Å². The third kappa shape index (κ3) is 3.46. The van der Waals surface area contributed by atoms with Gasteiger partial charge in [0, 0.05) is 5.69 Å². The number of hydrogen-bond donors (Lipinski definition) is 0. The maximum Gasteiger partial charge on any atom is 0.414 e. The zero-order chi connectivity index (χ0) is 14.8. The van der Waals surface area contributed by atoms with Crippen LogP contribution in [0.3, 0.4) is 0 Å². The molecule has 1 aliphatic rings. The normalized spacial score (nSPS) is 18.7. The van der Waals surface area contributed by atoms with E-state index >= 15 is 0 Å². The molecular formula is C12H12N2O5S. The zero-order valence-corrected chi connectivity index (χ0v) is 11.5. The number of nitriles is 1. The number of nitrogens with zero attached hydrogens (tertiary/aromatic N) is 2. The molecule has 0 aliphatic carbocycles. The standard InChI is InChI=1S/C12H12N2O5S/c1-20(16,17)18-8-11-7-14(12(15)19-11)10-4-2-9(6-13)3-5-10/h2-5,11H,7-8H2,1H3. The Morgan fingerprint density at radius 1 is 1.45 bits per heavy atom. The summed E-state index contributed by atoms with van der Waals surface area (Å²) in [6.07, 6.45) is -0.285. The first-order chi connectivity index (χ1) is 9.39. The quantitative estimate of drug-likeness (QED) is 0.764. The van der Waals surface area contributed by atoms with E-state index < -0.39 is 22.3 Å². The molecule has 1 aromatic rings. The molecule has 0 aromatic heterocycles. The van der Waals surface area contributed by atoms with E-state index in [1.54, 1.807) is 24.3 Å². The summed E-state index contributed by atoms with van der Waals surface area (Å²) in [5.74, 6) is 0. The molecule has 1 fully saturated rings. The highest BCUT2D eigenvalue weighted by molar-refractivity contribution is 7.85. The van der Waals surface area contributed by atoms with Crippen molar-refractivity contribution in [3.63, 3.8) is 0 Å². The van der Waals surface area contributed by atoms with E-state index in [0.29, 0.717) is 11.3 Å². The maximum absolute atomic E-state index is 11.7. The van der Waals surface area contributed by atoms with E-state index in [4.69, 9.17) is 10.00 Å². The minimum atomic E-state index is -3.57. The van der Waals surface area contributed by atoms with Crippen molar-refractivity contribution in [3.8, 4) is 6.07 Å². The SMILES string of the molecule is CS(=O)(=O)OCC1CN(c2ccc(C#N)cc2)C(=O)O1. The van der Waals surface area contributed by atoms with Gasteiger partial charge < -0.3 is 4.74 Å². The second kappa shape index (κ2) is 5.48. The second-order valence-electron chi connectivity index (χ2n) is 4.26. The Labute approximate surface area is 116 Å². The number of carbonyl (C=O) groups excluding carboxylic acids is 1. The molecule has 20 heavy (non-hydrogen) atoms. The number of benzene rings is 1. The smallest absolute Gasteiger partial charge is 0.414 e. The zero-order valence-electron chi connectivity index (χ0n) is 10.6. The van der Waals surface area contributed by atoms with Crippen LogP contribution in [-0.2, 0) is 19.0 Å². The maximum atomic E-state index is 11.7. The van der Waals surface area contributed by atoms with Crippen LogP contribution in [0.1, 0.15) is 5.56 Å². The lowest BCUT2D eigenvalue weighted by atomic mass is 10.2. The molecule has 1 atom stereocenters. The molecule has 1 aromatic carbocycles. The Morgan fingerprint density at radius 2 is 2.10 bits per heavy atom. The number of amides is 1. The van der Waals surface area contributed by atoms with Crippen LogP contribution in [-0.4, -0.2) is 40.0 Å². The van der Waals surface area contributed by atoms with Gasteiger partial charge in [0.15, 0.2) is 0 Å². The summed E-state index contributed by atoms with van der Waals surface area (Å²) in [7, 11) is -3.57. The van der Waals surface area contributed by atoms with Gasteiger partial charge >= 0.3 is 6.09 Å². The number of rotatable bonds is 4. The van der Waals surface area contributed by atoms with Gasteiger partial charge in [0.2, 0.25) is 0 Å². The van der Waals surface area contributed by atoms with Crippen molar-refractivity contribution in [2.45, 2.75) is 6.10 Å². The van der Waals surface area contributed by atoms with E-state index in [-0.39, 0.29) is 13.2 Å². The lowest BCUT2D eigenvalue weighted by Gasteiger charge is -2.12. The minimum absolute atomic E-state index is 0.195. The minimum Gasteiger partial charge on any atom is -0.441 e. The first kappa shape index (κ1) is 14.3. The van der Waals surface area contributed by atoms with Gasteiger partial charge in [-0.3, -0.25) is 9.08 Å². The Kier molecular flexibility index (Phi) is 3.92. The molecule has 0 saturated carbocycles. The van der Waals surface area contributed by atoms with Gasteiger partial charge in [-0.2, -0.15) is 13.7 Å². The molecule has 1 amide bonds. The summed E-state index contributed by atoms with van der Waals surface area (Å²) in [5.41, 5.74) is 1.06. The number of cyclic esters (lactones) is 1. The fourth-order valence-electron chi connectivity index (χ4n) is 1.73. The number of carbonyl (C=O) groups is 1. The number of ether oxygens (including phenoxy) is 1. The van der Waals surface area contributed by atoms with Gasteiger partial charge in [0.25, 0.3) is 10.1 Å². The third-order valence-corrected chi connectivity index (χ3v) is 3.21. The molecule has 0 N–H and O–H groups in total. The third-order valence-electron chi connectivity index (χ3n) is 2.65. The first-order valence-corrected chi connectivity index (χ1v) is 7.53. The molecule has 0 spiro atoms. The van der Waals surface area contributed by atoms with Crippen molar-refractivity contribution < 1.29 is 22.1 Å². The molecule has 1 heterocycles. The van der Waals surface area contributed by atoms with Gasteiger partial charge in [-0.25, -0.2) is 4.79 Å². The molecule has 1 unspecified atom stereocenters. The highest BCUT2D eigenvalue weighted by atomic mass is 32.2. The van der Waals surface area contributed by atoms with Crippen molar-refractivity contribution in [2.75, 3.05) is 24.3 Å². The van der Waals surface area contributed by atoms with Crippen LogP contribution in [0.5, 0.6) is 0 Å². The van der Waals surface area contributed by atoms with Crippen molar-refractivity contribution in [1.29, 1.82) is 5.26 Å². The summed E-state index contributed by atoms with van der Waals surface area (Å²) < 4.78 is 31.4. The molecular weight excluding hydrogens is 284 g/mol. The fourth-order valence-corrected chi connectivity index (χ4v) is 2.13. The predicted molar refractivity (Wildman–Crippen MR) is 69.6 cm³/mol. The molecule has 1 aliphatic heterocycles. The fraction of sp³-hybridized carbons (Fsp3) is 0.333. The summed E-state index contributed by atoms with van der Waals surface area (Å²) in [5, 5.41) is 8.71. The lowest BCUT2D eigenvalue weighted by molar-refractivity contribution is 0.107. The summed E-state index contributed by atoms with van der Waals surface area (Å²) >= 11 is 0. The van der Waals surface area contributed by atoms with Gasteiger partial charge in [-0.1, -0.05) is 0 Å². The van der Waals surface area contributed by atoms with Gasteiger partial charge in [0.05, 0.1) is 24.4 Å². The van der Waals surface area contributed by atoms with E-state index in [1.807, 2.05) is 6.07 Å². The van der Waals surface area contributed by atoms with E-state index in [1.165, 1.54) is 4.90 Å². The summed E-state index contributed by atoms with van der Waals surface area (Å²) in [4.78, 5) is 13.1. The van der Waals surface area contributed by atoms with Crippen LogP contribution in [0.25, 0.3) is 0 Å². The van der Waals surface area contributed by atoms with Gasteiger partial charge in [-0.05, 0) is 24.3 Å². The molecule has 2 rings (SSSR count). The van der Waals surface area contributed by atoms with E-state index in [0.717, 1.165) is 6.26 Å². The Hall–Kier alpha value is -2.11. The first-order valence-electron chi connectivity index (χ1n) is 5.72. The van der Waals surface area contributed by atoms with E-state index in [9.17, 15) is 13.2 Å². The van der Waals surface area contributed by atoms with Crippen molar-refractivity contribution >= 4 is 21.9 Å². The van der Waals surface area contributed by atoms with Crippen molar-refractivity contribution in [1.82, 2.24) is 0 Å². The number of hydrogen-bond acceptors (Lipinski definition) is 6. The van der Waals surface area contributed by atoms with Crippen LogP contribution in [0.15, 0.2) is 24.3 Å². The highest BCUT2D eigenvalue weighted by Gasteiger charge is 2.33.